The number of fused-ring (bicyclic) bond motifs is 1. The molecule has 2 aromatic heterocycles. The van der Waals surface area contributed by atoms with Crippen LogP contribution in [-0.4, -0.2) is 54.3 Å². The number of amides is 1. The van der Waals surface area contributed by atoms with Crippen LogP contribution in [-0.2, 0) is 9.47 Å². The second kappa shape index (κ2) is 5.68. The number of ether oxygens (including phenoxy) is 2. The van der Waals surface area contributed by atoms with Crippen molar-refractivity contribution in [3.05, 3.63) is 23.0 Å². The van der Waals surface area contributed by atoms with Gasteiger partial charge in [0.1, 0.15) is 5.69 Å². The molecule has 0 radical (unpaired) electrons. The van der Waals surface area contributed by atoms with Gasteiger partial charge in [-0.15, -0.1) is 11.3 Å². The highest BCUT2D eigenvalue weighted by atomic mass is 32.1. The van der Waals surface area contributed by atoms with Crippen LogP contribution < -0.4 is 0 Å². The van der Waals surface area contributed by atoms with Gasteiger partial charge in [-0.3, -0.25) is 9.20 Å². The third kappa shape index (κ3) is 2.63. The second-order valence-corrected chi connectivity index (χ2v) is 5.06. The van der Waals surface area contributed by atoms with Gasteiger partial charge in [-0.05, 0) is 6.92 Å². The molecule has 0 aromatic carbocycles. The van der Waals surface area contributed by atoms with Crippen LogP contribution in [0.2, 0.25) is 0 Å². The molecule has 2 rings (SSSR count). The number of carbonyl (C=O) groups excluding carboxylic acids is 1. The van der Waals surface area contributed by atoms with Gasteiger partial charge in [-0.1, -0.05) is 0 Å². The minimum absolute atomic E-state index is 0.0949. The van der Waals surface area contributed by atoms with Gasteiger partial charge in [0.2, 0.25) is 0 Å². The van der Waals surface area contributed by atoms with Crippen molar-refractivity contribution < 1.29 is 14.3 Å². The monoisotopic (exact) mass is 283 g/mol. The van der Waals surface area contributed by atoms with Gasteiger partial charge in [0.15, 0.2) is 11.3 Å². The van der Waals surface area contributed by atoms with Gasteiger partial charge in [0, 0.05) is 32.8 Å². The molecule has 0 saturated heterocycles. The van der Waals surface area contributed by atoms with Gasteiger partial charge >= 0.3 is 0 Å². The number of nitrogens with zero attached hydrogens (tertiary/aromatic N) is 3. The largest absolute Gasteiger partial charge is 0.354 e. The Labute approximate surface area is 115 Å². The third-order valence-electron chi connectivity index (χ3n) is 2.93. The Morgan fingerprint density at radius 2 is 2.21 bits per heavy atom. The van der Waals surface area contributed by atoms with Crippen LogP contribution in [0.15, 0.2) is 11.6 Å². The molecular weight excluding hydrogens is 266 g/mol. The summed E-state index contributed by atoms with van der Waals surface area (Å²) in [6, 6.07) is 0. The smallest absolute Gasteiger partial charge is 0.272 e. The molecule has 0 aliphatic heterocycles. The Hall–Kier alpha value is -1.44. The van der Waals surface area contributed by atoms with Gasteiger partial charge in [0.25, 0.3) is 5.91 Å². The molecule has 0 unspecified atom stereocenters. The molecule has 0 aliphatic carbocycles. The van der Waals surface area contributed by atoms with E-state index in [-0.39, 0.29) is 5.91 Å². The predicted octanol–water partition coefficient (Wildman–Crippen LogP) is 1.40. The molecule has 1 amide bonds. The van der Waals surface area contributed by atoms with Crippen molar-refractivity contribution in [2.45, 2.75) is 13.2 Å². The highest BCUT2D eigenvalue weighted by Gasteiger charge is 2.22. The molecule has 0 saturated carbocycles. The molecule has 0 N–H and O–H groups in total. The van der Waals surface area contributed by atoms with Crippen LogP contribution >= 0.6 is 11.3 Å². The zero-order valence-corrected chi connectivity index (χ0v) is 12.2. The number of likely N-dealkylation sites (N-methyl/N-ethyl adjacent to an activating group) is 1. The van der Waals surface area contributed by atoms with E-state index in [1.54, 1.807) is 26.2 Å². The van der Waals surface area contributed by atoms with E-state index in [4.69, 9.17) is 9.47 Å². The summed E-state index contributed by atoms with van der Waals surface area (Å²) >= 11 is 1.51. The average molecular weight is 283 g/mol. The first-order valence-corrected chi connectivity index (χ1v) is 6.69. The number of carbonyl (C=O) groups is 1. The molecule has 19 heavy (non-hydrogen) atoms. The third-order valence-corrected chi connectivity index (χ3v) is 3.69. The maximum absolute atomic E-state index is 12.5. The van der Waals surface area contributed by atoms with E-state index < -0.39 is 6.29 Å². The lowest BCUT2D eigenvalue weighted by Crippen LogP contribution is -2.36. The van der Waals surface area contributed by atoms with Crippen molar-refractivity contribution in [3.63, 3.8) is 0 Å². The Balaban J connectivity index is 2.23. The number of imidazole rings is 1. The summed E-state index contributed by atoms with van der Waals surface area (Å²) in [7, 11) is 4.82. The summed E-state index contributed by atoms with van der Waals surface area (Å²) in [5.74, 6) is -0.0949. The van der Waals surface area contributed by atoms with E-state index in [9.17, 15) is 4.79 Å². The van der Waals surface area contributed by atoms with Gasteiger partial charge < -0.3 is 14.4 Å². The molecule has 6 nitrogen and oxygen atoms in total. The van der Waals surface area contributed by atoms with E-state index in [0.29, 0.717) is 12.2 Å². The first kappa shape index (κ1) is 14.0. The maximum atomic E-state index is 12.5. The highest BCUT2D eigenvalue weighted by Crippen LogP contribution is 2.18. The Morgan fingerprint density at radius 1 is 1.53 bits per heavy atom. The van der Waals surface area contributed by atoms with Crippen LogP contribution in [0, 0.1) is 6.92 Å². The Kier molecular flexibility index (Phi) is 4.18. The average Bonchev–Trinajstić information content (AvgIpc) is 2.94. The van der Waals surface area contributed by atoms with Gasteiger partial charge in [0.05, 0.1) is 12.2 Å². The summed E-state index contributed by atoms with van der Waals surface area (Å²) < 4.78 is 12.0. The number of aromatic nitrogens is 2. The van der Waals surface area contributed by atoms with Crippen LogP contribution in [0.4, 0.5) is 0 Å². The number of hydrogen-bond acceptors (Lipinski definition) is 5. The fourth-order valence-corrected chi connectivity index (χ4v) is 2.64. The molecule has 0 atom stereocenters. The topological polar surface area (TPSA) is 56.1 Å². The zero-order valence-electron chi connectivity index (χ0n) is 11.4. The number of aryl methyl sites for hydroxylation is 1. The van der Waals surface area contributed by atoms with Crippen molar-refractivity contribution in [2.75, 3.05) is 27.8 Å². The summed E-state index contributed by atoms with van der Waals surface area (Å²) in [6.45, 7) is 2.20. The molecule has 0 fully saturated rings. The summed E-state index contributed by atoms with van der Waals surface area (Å²) in [5.41, 5.74) is 1.32. The Morgan fingerprint density at radius 3 is 2.84 bits per heavy atom. The molecule has 0 aliphatic rings. The summed E-state index contributed by atoms with van der Waals surface area (Å²) in [5, 5.41) is 1.91. The molecule has 0 spiro atoms. The van der Waals surface area contributed by atoms with Crippen molar-refractivity contribution in [2.24, 2.45) is 0 Å². The van der Waals surface area contributed by atoms with E-state index in [1.165, 1.54) is 11.3 Å². The second-order valence-electron chi connectivity index (χ2n) is 4.19. The molecular formula is C12H17N3O3S. The lowest BCUT2D eigenvalue weighted by atomic mass is 10.3. The molecule has 7 heteroatoms. The standard InChI is InChI=1S/C12H17N3O3S/c1-8-10(15-5-6-19-12(15)13-8)11(16)14(2)7-9(17-3)18-4/h5-6,9H,7H2,1-4H3. The van der Waals surface area contributed by atoms with Crippen LogP contribution in [0.5, 0.6) is 0 Å². The first-order chi connectivity index (χ1) is 9.08. The van der Waals surface area contributed by atoms with Crippen molar-refractivity contribution >= 4 is 22.2 Å². The van der Waals surface area contributed by atoms with E-state index in [0.717, 1.165) is 10.7 Å². The first-order valence-electron chi connectivity index (χ1n) is 5.81. The molecule has 0 bridgehead atoms. The zero-order chi connectivity index (χ0) is 14.0. The van der Waals surface area contributed by atoms with E-state index in [1.807, 2.05) is 22.9 Å². The maximum Gasteiger partial charge on any atom is 0.272 e. The fourth-order valence-electron chi connectivity index (χ4n) is 1.88. The summed E-state index contributed by atoms with van der Waals surface area (Å²) in [4.78, 5) is 19.2. The minimum Gasteiger partial charge on any atom is -0.354 e. The van der Waals surface area contributed by atoms with E-state index in [2.05, 4.69) is 4.98 Å². The fraction of sp³-hybridized carbons (Fsp3) is 0.500. The van der Waals surface area contributed by atoms with Gasteiger partial charge in [-0.2, -0.15) is 0 Å². The lowest BCUT2D eigenvalue weighted by Gasteiger charge is -2.22. The lowest BCUT2D eigenvalue weighted by molar-refractivity contribution is -0.110. The van der Waals surface area contributed by atoms with Crippen molar-refractivity contribution in [1.82, 2.24) is 14.3 Å². The van der Waals surface area contributed by atoms with Crippen molar-refractivity contribution in [1.29, 1.82) is 0 Å². The molecule has 2 heterocycles. The minimum atomic E-state index is -0.430. The molecule has 2 aromatic rings. The number of methoxy groups -OCH3 is 2. The number of thiazole rings is 1. The molecule has 104 valence electrons. The summed E-state index contributed by atoms with van der Waals surface area (Å²) in [6.07, 6.45) is 1.42. The normalized spacial score (nSPS) is 11.4. The van der Waals surface area contributed by atoms with Crippen LogP contribution in [0.25, 0.3) is 4.96 Å². The predicted molar refractivity (Wildman–Crippen MR) is 72.6 cm³/mol. The quantitative estimate of drug-likeness (QED) is 0.778. The van der Waals surface area contributed by atoms with E-state index >= 15 is 0 Å². The van der Waals surface area contributed by atoms with Crippen LogP contribution in [0.1, 0.15) is 16.2 Å². The van der Waals surface area contributed by atoms with Crippen molar-refractivity contribution in [3.8, 4) is 0 Å². The van der Waals surface area contributed by atoms with Crippen LogP contribution in [0.3, 0.4) is 0 Å². The number of hydrogen-bond donors (Lipinski definition) is 0. The SMILES string of the molecule is COC(CN(C)C(=O)c1c(C)nc2sccn12)OC. The van der Waals surface area contributed by atoms with Gasteiger partial charge in [-0.25, -0.2) is 4.98 Å². The Bertz CT molecular complexity index is 574. The highest BCUT2D eigenvalue weighted by molar-refractivity contribution is 7.15. The number of rotatable bonds is 5.